The molecule has 0 spiro atoms. The number of hydrogen-bond acceptors (Lipinski definition) is 3. The van der Waals surface area contributed by atoms with E-state index in [4.69, 9.17) is 9.47 Å². The molecule has 0 N–H and O–H groups in total. The predicted molar refractivity (Wildman–Crippen MR) is 164 cm³/mol. The van der Waals surface area contributed by atoms with E-state index < -0.39 is 0 Å². The van der Waals surface area contributed by atoms with E-state index in [0.29, 0.717) is 17.5 Å². The van der Waals surface area contributed by atoms with Crippen LogP contribution in [0.4, 0.5) is 0 Å². The molecule has 4 nitrogen and oxygen atoms in total. The van der Waals surface area contributed by atoms with Crippen molar-refractivity contribution in [2.45, 2.75) is 123 Å². The zero-order chi connectivity index (χ0) is 28.3. The molecule has 0 aromatic heterocycles. The number of aryl methyl sites for hydroxylation is 1. The van der Waals surface area contributed by atoms with Crippen LogP contribution in [0.2, 0.25) is 0 Å². The lowest BCUT2D eigenvalue weighted by Gasteiger charge is -2.34. The molecule has 2 unspecified atom stereocenters. The molecule has 2 aromatic carbocycles. The van der Waals surface area contributed by atoms with Gasteiger partial charge in [-0.3, -0.25) is 0 Å². The number of ether oxygens (including phenoxy) is 2. The SMILES string of the molecule is CCCCCCCCCCCCCc1cccc(OC(C)CCOC(=O)C(C)[N+](C)(C)Cc2ccccc2)c1. The van der Waals surface area contributed by atoms with Gasteiger partial charge in [0, 0.05) is 12.0 Å². The quantitative estimate of drug-likeness (QED) is 0.0904. The van der Waals surface area contributed by atoms with Crippen LogP contribution in [0, 0.1) is 0 Å². The van der Waals surface area contributed by atoms with Gasteiger partial charge in [0.15, 0.2) is 6.04 Å². The Morgan fingerprint density at radius 3 is 2.00 bits per heavy atom. The second-order valence-corrected chi connectivity index (χ2v) is 11.9. The van der Waals surface area contributed by atoms with Gasteiger partial charge >= 0.3 is 5.97 Å². The van der Waals surface area contributed by atoms with E-state index in [2.05, 4.69) is 51.4 Å². The minimum Gasteiger partial charge on any atom is -0.491 e. The maximum Gasteiger partial charge on any atom is 0.364 e. The highest BCUT2D eigenvalue weighted by Gasteiger charge is 2.32. The topological polar surface area (TPSA) is 35.5 Å². The number of esters is 1. The molecular formula is C35H56NO3+. The van der Waals surface area contributed by atoms with Crippen LogP contribution in [0.5, 0.6) is 5.75 Å². The van der Waals surface area contributed by atoms with E-state index in [-0.39, 0.29) is 18.1 Å². The second-order valence-electron chi connectivity index (χ2n) is 11.9. The third-order valence-electron chi connectivity index (χ3n) is 7.90. The maximum atomic E-state index is 12.7. The Hall–Kier alpha value is -2.33. The first-order valence-corrected chi connectivity index (χ1v) is 15.6. The smallest absolute Gasteiger partial charge is 0.364 e. The molecule has 0 bridgehead atoms. The van der Waals surface area contributed by atoms with Crippen LogP contribution >= 0.6 is 0 Å². The summed E-state index contributed by atoms with van der Waals surface area (Å²) in [6, 6.07) is 18.5. The number of rotatable bonds is 21. The Morgan fingerprint density at radius 1 is 0.769 bits per heavy atom. The van der Waals surface area contributed by atoms with Gasteiger partial charge in [-0.25, -0.2) is 4.79 Å². The first kappa shape index (κ1) is 32.9. The Bertz CT molecular complexity index is 911. The molecule has 0 aliphatic rings. The number of nitrogens with zero attached hydrogens (tertiary/aromatic N) is 1. The van der Waals surface area contributed by atoms with E-state index in [1.807, 2.05) is 38.1 Å². The summed E-state index contributed by atoms with van der Waals surface area (Å²) in [4.78, 5) is 12.7. The van der Waals surface area contributed by atoms with Gasteiger partial charge in [0.1, 0.15) is 12.3 Å². The summed E-state index contributed by atoms with van der Waals surface area (Å²) in [6.07, 6.45) is 16.8. The lowest BCUT2D eigenvalue weighted by molar-refractivity contribution is -0.917. The molecule has 0 heterocycles. The van der Waals surface area contributed by atoms with Crippen molar-refractivity contribution in [3.8, 4) is 5.75 Å². The van der Waals surface area contributed by atoms with Gasteiger partial charge in [0.2, 0.25) is 0 Å². The monoisotopic (exact) mass is 538 g/mol. The highest BCUT2D eigenvalue weighted by molar-refractivity contribution is 5.74. The zero-order valence-corrected chi connectivity index (χ0v) is 25.6. The van der Waals surface area contributed by atoms with Crippen molar-refractivity contribution in [3.63, 3.8) is 0 Å². The summed E-state index contributed by atoms with van der Waals surface area (Å²) in [5.41, 5.74) is 2.56. The summed E-state index contributed by atoms with van der Waals surface area (Å²) in [7, 11) is 4.16. The van der Waals surface area contributed by atoms with Crippen molar-refractivity contribution in [1.29, 1.82) is 0 Å². The Morgan fingerprint density at radius 2 is 1.36 bits per heavy atom. The maximum absolute atomic E-state index is 12.7. The standard InChI is InChI=1S/C35H56NO3/c1-6-7-8-9-10-11-12-13-14-15-17-21-32-24-20-25-34(28-32)39-30(2)26-27-38-35(37)31(3)36(4,5)29-33-22-18-16-19-23-33/h16,18-20,22-25,28,30-31H,6-15,17,21,26-27,29H2,1-5H3/q+1. The van der Waals surface area contributed by atoms with Crippen molar-refractivity contribution in [2.24, 2.45) is 0 Å². The van der Waals surface area contributed by atoms with Crippen molar-refractivity contribution >= 4 is 5.97 Å². The largest absolute Gasteiger partial charge is 0.491 e. The zero-order valence-electron chi connectivity index (χ0n) is 25.6. The third-order valence-corrected chi connectivity index (χ3v) is 7.90. The number of likely N-dealkylation sites (N-methyl/N-ethyl adjacent to an activating group) is 1. The predicted octanol–water partition coefficient (Wildman–Crippen LogP) is 8.91. The number of unbranched alkanes of at least 4 members (excludes halogenated alkanes) is 10. The third kappa shape index (κ3) is 14.0. The van der Waals surface area contributed by atoms with Crippen LogP contribution in [0.3, 0.4) is 0 Å². The van der Waals surface area contributed by atoms with Crippen LogP contribution in [0.1, 0.15) is 109 Å². The first-order valence-electron chi connectivity index (χ1n) is 15.6. The fourth-order valence-electron chi connectivity index (χ4n) is 4.98. The molecule has 218 valence electrons. The second kappa shape index (κ2) is 18.9. The summed E-state index contributed by atoms with van der Waals surface area (Å²) in [5, 5.41) is 0. The van der Waals surface area contributed by atoms with Crippen LogP contribution in [-0.4, -0.2) is 43.3 Å². The summed E-state index contributed by atoms with van der Waals surface area (Å²) >= 11 is 0. The molecule has 0 aliphatic carbocycles. The normalized spacial score (nSPS) is 13.2. The highest BCUT2D eigenvalue weighted by atomic mass is 16.5. The molecule has 4 heteroatoms. The van der Waals surface area contributed by atoms with Gasteiger partial charge in [-0.05, 0) is 44.4 Å². The Balaban J connectivity index is 1.61. The minimum absolute atomic E-state index is 0.0165. The molecule has 0 aliphatic heterocycles. The van der Waals surface area contributed by atoms with Crippen molar-refractivity contribution in [1.82, 2.24) is 0 Å². The molecule has 0 saturated heterocycles. The average Bonchev–Trinajstić information content (AvgIpc) is 2.91. The van der Waals surface area contributed by atoms with Gasteiger partial charge in [-0.1, -0.05) is 114 Å². The van der Waals surface area contributed by atoms with Crippen molar-refractivity contribution in [3.05, 3.63) is 65.7 Å². The van der Waals surface area contributed by atoms with Crippen molar-refractivity contribution < 1.29 is 18.8 Å². The number of benzene rings is 2. The molecule has 2 atom stereocenters. The molecular weight excluding hydrogens is 482 g/mol. The summed E-state index contributed by atoms with van der Waals surface area (Å²) < 4.78 is 12.4. The molecule has 39 heavy (non-hydrogen) atoms. The molecule has 2 aromatic rings. The molecule has 0 fully saturated rings. The van der Waals surface area contributed by atoms with E-state index >= 15 is 0 Å². The van der Waals surface area contributed by atoms with E-state index in [9.17, 15) is 4.79 Å². The number of hydrogen-bond donors (Lipinski definition) is 0. The Labute approximate surface area is 239 Å². The molecule has 0 amide bonds. The van der Waals surface area contributed by atoms with Crippen LogP contribution in [0.15, 0.2) is 54.6 Å². The lowest BCUT2D eigenvalue weighted by atomic mass is 10.0. The van der Waals surface area contributed by atoms with Gasteiger partial charge in [0.05, 0.1) is 26.8 Å². The van der Waals surface area contributed by atoms with Gasteiger partial charge in [0.25, 0.3) is 0 Å². The fraction of sp³-hybridized carbons (Fsp3) is 0.629. The van der Waals surface area contributed by atoms with Crippen molar-refractivity contribution in [2.75, 3.05) is 20.7 Å². The van der Waals surface area contributed by atoms with E-state index in [0.717, 1.165) is 18.7 Å². The first-order chi connectivity index (χ1) is 18.8. The van der Waals surface area contributed by atoms with Crippen LogP contribution < -0.4 is 4.74 Å². The van der Waals surface area contributed by atoms with Gasteiger partial charge < -0.3 is 14.0 Å². The number of carbonyl (C=O) groups is 1. The van der Waals surface area contributed by atoms with Gasteiger partial charge in [-0.2, -0.15) is 0 Å². The summed E-state index contributed by atoms with van der Waals surface area (Å²) in [5.74, 6) is 0.750. The van der Waals surface area contributed by atoms with E-state index in [1.165, 1.54) is 81.8 Å². The van der Waals surface area contributed by atoms with Gasteiger partial charge in [-0.15, -0.1) is 0 Å². The highest BCUT2D eigenvalue weighted by Crippen LogP contribution is 2.19. The van der Waals surface area contributed by atoms with Crippen LogP contribution in [0.25, 0.3) is 0 Å². The molecule has 0 radical (unpaired) electrons. The molecule has 2 rings (SSSR count). The number of quaternary nitrogens is 1. The minimum atomic E-state index is -0.242. The van der Waals surface area contributed by atoms with Crippen LogP contribution in [-0.2, 0) is 22.5 Å². The van der Waals surface area contributed by atoms with E-state index in [1.54, 1.807) is 0 Å². The fourth-order valence-corrected chi connectivity index (χ4v) is 4.98. The lowest BCUT2D eigenvalue weighted by Crippen LogP contribution is -2.51. The number of carbonyl (C=O) groups excluding carboxylic acids is 1. The molecule has 0 saturated carbocycles. The summed E-state index contributed by atoms with van der Waals surface area (Å²) in [6.45, 7) is 7.43. The average molecular weight is 539 g/mol. The Kier molecular flexibility index (Phi) is 15.9.